The number of hydrogen-bond donors (Lipinski definition) is 1. The lowest BCUT2D eigenvalue weighted by atomic mass is 10.2. The molecule has 0 unspecified atom stereocenters. The molecule has 1 rings (SSSR count). The monoisotopic (exact) mass is 284 g/mol. The van der Waals surface area contributed by atoms with Gasteiger partial charge in [0.15, 0.2) is 0 Å². The number of halogens is 1. The lowest BCUT2D eigenvalue weighted by molar-refractivity contribution is 0.142. The van der Waals surface area contributed by atoms with E-state index in [-0.39, 0.29) is 0 Å². The van der Waals surface area contributed by atoms with Gasteiger partial charge >= 0.3 is 6.09 Å². The van der Waals surface area contributed by atoms with E-state index in [2.05, 4.69) is 17.4 Å². The van der Waals surface area contributed by atoms with Crippen LogP contribution in [0.4, 0.5) is 4.79 Å². The maximum absolute atomic E-state index is 11.2. The zero-order chi connectivity index (χ0) is 14.1. The summed E-state index contributed by atoms with van der Waals surface area (Å²) in [5.74, 6) is 0.367. The summed E-state index contributed by atoms with van der Waals surface area (Å²) >= 11 is 5.89. The minimum atomic E-state index is -0.552. The normalized spacial score (nSPS) is 10.5. The van der Waals surface area contributed by atoms with Crippen molar-refractivity contribution in [2.75, 3.05) is 13.7 Å². The molecule has 0 spiro atoms. The SMILES string of the molecule is CCCCO/N=C/c1cc(Cl)ccc1OC(=O)NC. The molecule has 0 radical (unpaired) electrons. The molecule has 1 N–H and O–H groups in total. The van der Waals surface area contributed by atoms with Crippen molar-refractivity contribution >= 4 is 23.9 Å². The molecule has 0 aliphatic rings. The maximum atomic E-state index is 11.2. The van der Waals surface area contributed by atoms with Gasteiger partial charge in [-0.05, 0) is 24.6 Å². The largest absolute Gasteiger partial charge is 0.412 e. The number of nitrogens with zero attached hydrogens (tertiary/aromatic N) is 1. The smallest absolute Gasteiger partial charge is 0.410 e. The highest BCUT2D eigenvalue weighted by molar-refractivity contribution is 6.30. The number of oxime groups is 1. The number of nitrogens with one attached hydrogen (secondary N) is 1. The van der Waals surface area contributed by atoms with Gasteiger partial charge in [0.25, 0.3) is 0 Å². The van der Waals surface area contributed by atoms with Gasteiger partial charge in [0, 0.05) is 17.6 Å². The predicted molar refractivity (Wildman–Crippen MR) is 75.0 cm³/mol. The van der Waals surface area contributed by atoms with Crippen molar-refractivity contribution in [2.24, 2.45) is 5.16 Å². The van der Waals surface area contributed by atoms with Gasteiger partial charge in [0.05, 0.1) is 6.21 Å². The molecule has 1 amide bonds. The van der Waals surface area contributed by atoms with E-state index in [1.54, 1.807) is 18.2 Å². The number of amides is 1. The molecule has 5 nitrogen and oxygen atoms in total. The predicted octanol–water partition coefficient (Wildman–Crippen LogP) is 3.21. The van der Waals surface area contributed by atoms with Crippen LogP contribution in [0.25, 0.3) is 0 Å². The first-order valence-corrected chi connectivity index (χ1v) is 6.39. The Morgan fingerprint density at radius 1 is 1.53 bits per heavy atom. The first-order valence-electron chi connectivity index (χ1n) is 6.01. The number of unbranched alkanes of at least 4 members (excludes halogenated alkanes) is 1. The second-order valence-corrected chi connectivity index (χ2v) is 4.18. The summed E-state index contributed by atoms with van der Waals surface area (Å²) in [5.41, 5.74) is 0.576. The Bertz CT molecular complexity index is 450. The zero-order valence-electron chi connectivity index (χ0n) is 11.0. The standard InChI is InChI=1S/C13H17ClN2O3/c1-3-4-7-18-16-9-10-8-11(14)5-6-12(10)19-13(17)15-2/h5-6,8-9H,3-4,7H2,1-2H3,(H,15,17)/b16-9+. The van der Waals surface area contributed by atoms with Crippen LogP contribution in [0.15, 0.2) is 23.4 Å². The zero-order valence-corrected chi connectivity index (χ0v) is 11.7. The minimum Gasteiger partial charge on any atom is -0.410 e. The fourth-order valence-electron chi connectivity index (χ4n) is 1.22. The highest BCUT2D eigenvalue weighted by Gasteiger charge is 2.07. The molecule has 0 atom stereocenters. The molecule has 19 heavy (non-hydrogen) atoms. The van der Waals surface area contributed by atoms with Gasteiger partial charge in [-0.1, -0.05) is 30.1 Å². The molecular weight excluding hydrogens is 268 g/mol. The van der Waals surface area contributed by atoms with E-state index in [1.807, 2.05) is 0 Å². The molecule has 6 heteroatoms. The van der Waals surface area contributed by atoms with Gasteiger partial charge in [0.2, 0.25) is 0 Å². The van der Waals surface area contributed by atoms with E-state index in [1.165, 1.54) is 13.3 Å². The Balaban J connectivity index is 2.73. The summed E-state index contributed by atoms with van der Waals surface area (Å²) in [4.78, 5) is 16.3. The van der Waals surface area contributed by atoms with Crippen LogP contribution in [0.1, 0.15) is 25.3 Å². The molecule has 104 valence electrons. The summed E-state index contributed by atoms with van der Waals surface area (Å²) < 4.78 is 5.07. The average molecular weight is 285 g/mol. The van der Waals surface area contributed by atoms with Crippen molar-refractivity contribution in [1.82, 2.24) is 5.32 Å². The molecular formula is C13H17ClN2O3. The van der Waals surface area contributed by atoms with Crippen LogP contribution in [-0.2, 0) is 4.84 Å². The van der Waals surface area contributed by atoms with Gasteiger partial charge in [-0.15, -0.1) is 0 Å². The fourth-order valence-corrected chi connectivity index (χ4v) is 1.40. The maximum Gasteiger partial charge on any atom is 0.412 e. The Hall–Kier alpha value is -1.75. The summed E-state index contributed by atoms with van der Waals surface area (Å²) in [6.45, 7) is 2.62. The first-order chi connectivity index (χ1) is 9.17. The molecule has 0 saturated carbocycles. The Kier molecular flexibility index (Phi) is 6.74. The van der Waals surface area contributed by atoms with E-state index in [0.29, 0.717) is 22.9 Å². The highest BCUT2D eigenvalue weighted by Crippen LogP contribution is 2.21. The number of ether oxygens (including phenoxy) is 1. The van der Waals surface area contributed by atoms with Crippen molar-refractivity contribution in [2.45, 2.75) is 19.8 Å². The average Bonchev–Trinajstić information content (AvgIpc) is 2.41. The van der Waals surface area contributed by atoms with E-state index >= 15 is 0 Å². The van der Waals surface area contributed by atoms with Crippen LogP contribution in [0.2, 0.25) is 5.02 Å². The molecule has 0 aliphatic heterocycles. The van der Waals surface area contributed by atoms with E-state index in [0.717, 1.165) is 12.8 Å². The summed E-state index contributed by atoms with van der Waals surface area (Å²) in [5, 5.41) is 6.72. The molecule has 0 aliphatic carbocycles. The Morgan fingerprint density at radius 2 is 2.32 bits per heavy atom. The van der Waals surface area contributed by atoms with E-state index in [9.17, 15) is 4.79 Å². The summed E-state index contributed by atoms with van der Waals surface area (Å²) in [6, 6.07) is 4.88. The van der Waals surface area contributed by atoms with Crippen LogP contribution < -0.4 is 10.1 Å². The van der Waals surface area contributed by atoms with Gasteiger partial charge < -0.3 is 14.9 Å². The van der Waals surface area contributed by atoms with Crippen molar-refractivity contribution in [3.8, 4) is 5.75 Å². The Morgan fingerprint density at radius 3 is 3.00 bits per heavy atom. The third kappa shape index (κ3) is 5.61. The third-order valence-corrected chi connectivity index (χ3v) is 2.47. The molecule has 0 aromatic heterocycles. The lowest BCUT2D eigenvalue weighted by Gasteiger charge is -2.06. The minimum absolute atomic E-state index is 0.367. The Labute approximate surface area is 117 Å². The summed E-state index contributed by atoms with van der Waals surface area (Å²) in [6.07, 6.45) is 2.90. The molecule has 1 aromatic carbocycles. The van der Waals surface area contributed by atoms with Gasteiger partial charge in [-0.3, -0.25) is 0 Å². The number of rotatable bonds is 6. The van der Waals surface area contributed by atoms with Gasteiger partial charge in [-0.25, -0.2) is 4.79 Å². The number of hydrogen-bond acceptors (Lipinski definition) is 4. The van der Waals surface area contributed by atoms with Gasteiger partial charge in [0.1, 0.15) is 12.4 Å². The molecule has 0 saturated heterocycles. The van der Waals surface area contributed by atoms with E-state index in [4.69, 9.17) is 21.2 Å². The summed E-state index contributed by atoms with van der Waals surface area (Å²) in [7, 11) is 1.49. The highest BCUT2D eigenvalue weighted by atomic mass is 35.5. The number of benzene rings is 1. The second kappa shape index (κ2) is 8.37. The third-order valence-electron chi connectivity index (χ3n) is 2.23. The molecule has 0 heterocycles. The van der Waals surface area contributed by atoms with Crippen molar-refractivity contribution in [3.63, 3.8) is 0 Å². The van der Waals surface area contributed by atoms with E-state index < -0.39 is 6.09 Å². The van der Waals surface area contributed by atoms with Crippen LogP contribution in [0.3, 0.4) is 0 Å². The van der Waals surface area contributed by atoms with Crippen molar-refractivity contribution < 1.29 is 14.4 Å². The van der Waals surface area contributed by atoms with Crippen LogP contribution >= 0.6 is 11.6 Å². The molecule has 1 aromatic rings. The fraction of sp³-hybridized carbons (Fsp3) is 0.385. The topological polar surface area (TPSA) is 59.9 Å². The van der Waals surface area contributed by atoms with Crippen molar-refractivity contribution in [1.29, 1.82) is 0 Å². The van der Waals surface area contributed by atoms with Crippen LogP contribution in [-0.4, -0.2) is 26.0 Å². The van der Waals surface area contributed by atoms with Gasteiger partial charge in [-0.2, -0.15) is 0 Å². The van der Waals surface area contributed by atoms with Crippen LogP contribution in [0.5, 0.6) is 5.75 Å². The number of carbonyl (C=O) groups excluding carboxylic acids is 1. The van der Waals surface area contributed by atoms with Crippen molar-refractivity contribution in [3.05, 3.63) is 28.8 Å². The lowest BCUT2D eigenvalue weighted by Crippen LogP contribution is -2.22. The number of carbonyl (C=O) groups is 1. The van der Waals surface area contributed by atoms with Crippen LogP contribution in [0, 0.1) is 0 Å². The quantitative estimate of drug-likeness (QED) is 0.496. The first kappa shape index (κ1) is 15.3. The second-order valence-electron chi connectivity index (χ2n) is 3.74. The molecule has 0 bridgehead atoms. The molecule has 0 fully saturated rings.